The van der Waals surface area contributed by atoms with Crippen LogP contribution in [0.5, 0.6) is 23.0 Å². The Hall–Kier alpha value is -5.77. The number of hydrogen-bond acceptors (Lipinski definition) is 12. The normalized spacial score (nSPS) is 11.4. The first-order chi connectivity index (χ1) is 19.4. The van der Waals surface area contributed by atoms with E-state index in [2.05, 4.69) is 30.2 Å². The van der Waals surface area contributed by atoms with Gasteiger partial charge in [-0.3, -0.25) is 14.8 Å². The van der Waals surface area contributed by atoms with E-state index < -0.39 is 5.91 Å². The Morgan fingerprint density at radius 2 is 1.90 bits per heavy atom. The molecule has 0 radical (unpaired) electrons. The number of aromatic nitrogens is 4. The van der Waals surface area contributed by atoms with Crippen molar-refractivity contribution in [1.29, 1.82) is 5.26 Å². The number of benzene rings is 1. The van der Waals surface area contributed by atoms with Crippen LogP contribution in [0.2, 0.25) is 0 Å². The number of aliphatic imine (C=N–C) groups is 1. The third-order valence-electron chi connectivity index (χ3n) is 5.27. The predicted molar refractivity (Wildman–Crippen MR) is 146 cm³/mol. The lowest BCUT2D eigenvalue weighted by atomic mass is 10.2. The number of ether oxygens (including phenoxy) is 4. The van der Waals surface area contributed by atoms with Gasteiger partial charge in [-0.15, -0.1) is 0 Å². The van der Waals surface area contributed by atoms with E-state index in [0.29, 0.717) is 33.9 Å². The van der Waals surface area contributed by atoms with Crippen LogP contribution in [0.25, 0.3) is 10.9 Å². The number of nitriles is 1. The zero-order chi connectivity index (χ0) is 28.5. The summed E-state index contributed by atoms with van der Waals surface area (Å²) in [5.74, 6) is 1.78. The van der Waals surface area contributed by atoms with Gasteiger partial charge in [0.2, 0.25) is 0 Å². The standard InChI is InChI=1S/C27H24N8O5/c1-4-39-23(14-33-25-15-30-12-16(11-28)34-25)26(29)27(36)35-24-6-5-17(13-32-24)40-20-7-8-31-19-10-22(38-3)21(37-2)9-18(19)20/h5-10,12-15H,4,29H2,1-3H3,(H,32,35,36). The van der Waals surface area contributed by atoms with Crippen LogP contribution >= 0.6 is 0 Å². The number of hydrogen-bond donors (Lipinski definition) is 2. The van der Waals surface area contributed by atoms with Gasteiger partial charge in [0.25, 0.3) is 5.91 Å². The van der Waals surface area contributed by atoms with Gasteiger partial charge in [0.05, 0.1) is 51.1 Å². The number of amides is 1. The van der Waals surface area contributed by atoms with Gasteiger partial charge in [-0.05, 0) is 31.2 Å². The fourth-order valence-electron chi connectivity index (χ4n) is 3.41. The summed E-state index contributed by atoms with van der Waals surface area (Å²) in [7, 11) is 3.10. The first-order valence-electron chi connectivity index (χ1n) is 11.8. The number of nitrogens with one attached hydrogen (secondary N) is 1. The minimum Gasteiger partial charge on any atom is -0.493 e. The zero-order valence-electron chi connectivity index (χ0n) is 21.8. The van der Waals surface area contributed by atoms with Crippen LogP contribution in [0.15, 0.2) is 71.6 Å². The molecule has 0 unspecified atom stereocenters. The van der Waals surface area contributed by atoms with Crippen molar-refractivity contribution in [3.63, 3.8) is 0 Å². The highest BCUT2D eigenvalue weighted by atomic mass is 16.5. The third kappa shape index (κ3) is 6.37. The van der Waals surface area contributed by atoms with Gasteiger partial charge >= 0.3 is 0 Å². The molecule has 0 saturated carbocycles. The average Bonchev–Trinajstić information content (AvgIpc) is 2.99. The van der Waals surface area contributed by atoms with Crippen molar-refractivity contribution in [3.05, 3.63) is 72.3 Å². The lowest BCUT2D eigenvalue weighted by molar-refractivity contribution is -0.113. The van der Waals surface area contributed by atoms with Gasteiger partial charge in [-0.25, -0.2) is 15.0 Å². The average molecular weight is 541 g/mol. The van der Waals surface area contributed by atoms with Crippen molar-refractivity contribution in [3.8, 4) is 29.1 Å². The van der Waals surface area contributed by atoms with Crippen LogP contribution in [0.4, 0.5) is 11.6 Å². The second-order valence-electron chi connectivity index (χ2n) is 7.81. The summed E-state index contributed by atoms with van der Waals surface area (Å²) in [5, 5.41) is 12.3. The molecule has 0 atom stereocenters. The number of anilines is 1. The largest absolute Gasteiger partial charge is 0.493 e. The number of allylic oxidation sites excluding steroid dienone is 1. The molecule has 1 amide bonds. The number of methoxy groups -OCH3 is 2. The molecule has 0 fully saturated rings. The maximum atomic E-state index is 12.8. The number of rotatable bonds is 10. The van der Waals surface area contributed by atoms with E-state index in [1.54, 1.807) is 57.7 Å². The van der Waals surface area contributed by atoms with E-state index in [1.165, 1.54) is 24.8 Å². The van der Waals surface area contributed by atoms with Crippen molar-refractivity contribution < 1.29 is 23.7 Å². The van der Waals surface area contributed by atoms with Crippen molar-refractivity contribution in [2.24, 2.45) is 10.7 Å². The van der Waals surface area contributed by atoms with Crippen molar-refractivity contribution >= 4 is 34.7 Å². The number of carbonyl (C=O) groups excluding carboxylic acids is 1. The van der Waals surface area contributed by atoms with Crippen molar-refractivity contribution in [2.75, 3.05) is 26.1 Å². The summed E-state index contributed by atoms with van der Waals surface area (Å²) in [6.45, 7) is 1.96. The molecule has 0 spiro atoms. The number of nitrogens with zero attached hydrogens (tertiary/aromatic N) is 6. The fraction of sp³-hybridized carbons (Fsp3) is 0.148. The van der Waals surface area contributed by atoms with Crippen molar-refractivity contribution in [2.45, 2.75) is 6.92 Å². The third-order valence-corrected chi connectivity index (χ3v) is 5.27. The van der Waals surface area contributed by atoms with E-state index in [9.17, 15) is 4.79 Å². The molecule has 3 aromatic heterocycles. The highest BCUT2D eigenvalue weighted by molar-refractivity contribution is 6.06. The number of pyridine rings is 2. The number of nitrogens with two attached hydrogens (primary N) is 1. The Kier molecular flexibility index (Phi) is 8.63. The second kappa shape index (κ2) is 12.7. The van der Waals surface area contributed by atoms with E-state index >= 15 is 0 Å². The van der Waals surface area contributed by atoms with E-state index in [4.69, 9.17) is 29.9 Å². The molecule has 13 nitrogen and oxygen atoms in total. The SMILES string of the molecule is CCOC(C=Nc1cncc(C#N)n1)=C(N)C(=O)Nc1ccc(Oc2ccnc3cc(OC)c(OC)cc23)cn1. The van der Waals surface area contributed by atoms with Gasteiger partial charge < -0.3 is 30.0 Å². The molecule has 0 saturated heterocycles. The molecule has 13 heteroatoms. The second-order valence-corrected chi connectivity index (χ2v) is 7.81. The highest BCUT2D eigenvalue weighted by Crippen LogP contribution is 2.36. The molecule has 0 aliphatic heterocycles. The Labute approximate surface area is 228 Å². The zero-order valence-corrected chi connectivity index (χ0v) is 21.8. The predicted octanol–water partition coefficient (Wildman–Crippen LogP) is 3.65. The van der Waals surface area contributed by atoms with Gasteiger partial charge in [0, 0.05) is 17.6 Å². The van der Waals surface area contributed by atoms with Gasteiger partial charge in [0.15, 0.2) is 28.8 Å². The van der Waals surface area contributed by atoms with Gasteiger partial charge in [-0.1, -0.05) is 0 Å². The summed E-state index contributed by atoms with van der Waals surface area (Å²) in [6, 6.07) is 10.3. The quantitative estimate of drug-likeness (QED) is 0.170. The lowest BCUT2D eigenvalue weighted by Crippen LogP contribution is -2.23. The maximum absolute atomic E-state index is 12.8. The van der Waals surface area contributed by atoms with Crippen LogP contribution in [0, 0.1) is 11.3 Å². The van der Waals surface area contributed by atoms with E-state index in [0.717, 1.165) is 0 Å². The van der Waals surface area contributed by atoms with Crippen LogP contribution in [0.3, 0.4) is 0 Å². The summed E-state index contributed by atoms with van der Waals surface area (Å²) >= 11 is 0. The monoisotopic (exact) mass is 540 g/mol. The number of carbonyl (C=O) groups is 1. The van der Waals surface area contributed by atoms with Crippen LogP contribution in [-0.4, -0.2) is 52.9 Å². The van der Waals surface area contributed by atoms with E-state index in [-0.39, 0.29) is 35.4 Å². The molecule has 202 valence electrons. The summed E-state index contributed by atoms with van der Waals surface area (Å²) < 4.78 is 22.2. The molecule has 3 heterocycles. The minimum atomic E-state index is -0.658. The Morgan fingerprint density at radius 1 is 1.10 bits per heavy atom. The Balaban J connectivity index is 1.49. The first-order valence-corrected chi connectivity index (χ1v) is 11.8. The first kappa shape index (κ1) is 27.3. The smallest absolute Gasteiger partial charge is 0.276 e. The molecule has 3 N–H and O–H groups in total. The molecule has 40 heavy (non-hydrogen) atoms. The molecule has 4 rings (SSSR count). The van der Waals surface area contributed by atoms with Gasteiger partial charge in [-0.2, -0.15) is 5.26 Å². The highest BCUT2D eigenvalue weighted by Gasteiger charge is 2.15. The van der Waals surface area contributed by atoms with Crippen LogP contribution in [-0.2, 0) is 9.53 Å². The summed E-state index contributed by atoms with van der Waals surface area (Å²) in [4.78, 5) is 33.3. The fourth-order valence-corrected chi connectivity index (χ4v) is 3.41. The van der Waals surface area contributed by atoms with Crippen LogP contribution in [0.1, 0.15) is 12.6 Å². The Bertz CT molecular complexity index is 1630. The molecular formula is C27H24N8O5. The molecule has 4 aromatic rings. The minimum absolute atomic E-state index is 0.0146. The topological polar surface area (TPSA) is 180 Å². The molecule has 0 aliphatic carbocycles. The Morgan fingerprint density at radius 3 is 2.60 bits per heavy atom. The lowest BCUT2D eigenvalue weighted by Gasteiger charge is -2.12. The van der Waals surface area contributed by atoms with E-state index in [1.807, 2.05) is 6.07 Å². The molecule has 0 aliphatic rings. The number of fused-ring (bicyclic) bond motifs is 1. The van der Waals surface area contributed by atoms with Crippen molar-refractivity contribution in [1.82, 2.24) is 19.9 Å². The summed E-state index contributed by atoms with van der Waals surface area (Å²) in [6.07, 6.45) is 6.96. The van der Waals surface area contributed by atoms with Crippen LogP contribution < -0.4 is 25.3 Å². The molecular weight excluding hydrogens is 516 g/mol. The maximum Gasteiger partial charge on any atom is 0.276 e. The molecule has 1 aromatic carbocycles. The summed E-state index contributed by atoms with van der Waals surface area (Å²) in [5.41, 5.74) is 6.55. The van der Waals surface area contributed by atoms with Gasteiger partial charge in [0.1, 0.15) is 29.1 Å². The molecule has 0 bridgehead atoms.